The van der Waals surface area contributed by atoms with E-state index in [2.05, 4.69) is 10.3 Å². The maximum atomic E-state index is 12.3. The fraction of sp³-hybridized carbons (Fsp3) is 0.100. The van der Waals surface area contributed by atoms with Crippen LogP contribution in [0.3, 0.4) is 0 Å². The van der Waals surface area contributed by atoms with E-state index in [0.29, 0.717) is 29.2 Å². The predicted octanol–water partition coefficient (Wildman–Crippen LogP) is 4.13. The Morgan fingerprint density at radius 3 is 2.63 bits per heavy atom. The summed E-state index contributed by atoms with van der Waals surface area (Å²) in [6.45, 7) is 2.03. The van der Waals surface area contributed by atoms with Gasteiger partial charge in [-0.1, -0.05) is 12.1 Å². The van der Waals surface area contributed by atoms with Gasteiger partial charge in [0.05, 0.1) is 4.92 Å². The van der Waals surface area contributed by atoms with Gasteiger partial charge in [-0.05, 0) is 43.3 Å². The van der Waals surface area contributed by atoms with E-state index in [1.807, 2.05) is 12.1 Å². The molecule has 27 heavy (non-hydrogen) atoms. The highest BCUT2D eigenvalue weighted by Crippen LogP contribution is 2.23. The highest BCUT2D eigenvalue weighted by Gasteiger charge is 2.13. The van der Waals surface area contributed by atoms with Gasteiger partial charge in [0.15, 0.2) is 0 Å². The number of nitrogens with zero attached hydrogens (tertiary/aromatic N) is 2. The topological polar surface area (TPSA) is 94.4 Å². The Bertz CT molecular complexity index is 957. The Labute approximate surface area is 155 Å². The molecule has 0 saturated carbocycles. The Morgan fingerprint density at radius 1 is 1.19 bits per heavy atom. The summed E-state index contributed by atoms with van der Waals surface area (Å²) in [7, 11) is 0. The van der Waals surface area contributed by atoms with Crippen molar-refractivity contribution in [1.82, 2.24) is 4.98 Å². The summed E-state index contributed by atoms with van der Waals surface area (Å²) in [5.41, 5.74) is 2.24. The molecule has 0 saturated heterocycles. The third-order valence-electron chi connectivity index (χ3n) is 3.91. The van der Waals surface area contributed by atoms with E-state index in [1.54, 1.807) is 55.7 Å². The number of carbonyl (C=O) groups excluding carboxylic acids is 1. The number of nitro benzene ring substituents is 1. The molecule has 1 amide bonds. The lowest BCUT2D eigenvalue weighted by Gasteiger charge is -2.08. The number of pyridine rings is 1. The van der Waals surface area contributed by atoms with E-state index in [-0.39, 0.29) is 11.6 Å². The number of hydrogen-bond acceptors (Lipinski definition) is 5. The van der Waals surface area contributed by atoms with Crippen molar-refractivity contribution < 1.29 is 14.5 Å². The highest BCUT2D eigenvalue weighted by molar-refractivity contribution is 6.04. The molecule has 0 atom stereocenters. The van der Waals surface area contributed by atoms with Gasteiger partial charge in [-0.25, -0.2) is 0 Å². The molecule has 2 aromatic carbocycles. The molecule has 1 N–H and O–H groups in total. The van der Waals surface area contributed by atoms with Crippen molar-refractivity contribution in [3.8, 4) is 5.75 Å². The standard InChI is InChI=1S/C20H17N3O4/c1-14-4-7-17(11-19(14)23(25)26)22-20(24)16-5-8-18(9-6-16)27-13-15-3-2-10-21-12-15/h2-12H,13H2,1H3,(H,22,24). The van der Waals surface area contributed by atoms with Crippen LogP contribution in [-0.2, 0) is 6.61 Å². The number of rotatable bonds is 6. The lowest BCUT2D eigenvalue weighted by Crippen LogP contribution is -2.12. The summed E-state index contributed by atoms with van der Waals surface area (Å²) in [6.07, 6.45) is 3.42. The normalized spacial score (nSPS) is 10.3. The van der Waals surface area contributed by atoms with Crippen molar-refractivity contribution in [2.75, 3.05) is 5.32 Å². The van der Waals surface area contributed by atoms with Crippen LogP contribution in [0, 0.1) is 17.0 Å². The van der Waals surface area contributed by atoms with Crippen molar-refractivity contribution >= 4 is 17.3 Å². The molecule has 0 bridgehead atoms. The second kappa shape index (κ2) is 8.09. The molecule has 0 fully saturated rings. The zero-order valence-electron chi connectivity index (χ0n) is 14.6. The Balaban J connectivity index is 1.64. The van der Waals surface area contributed by atoms with Crippen LogP contribution in [0.15, 0.2) is 67.0 Å². The minimum atomic E-state index is -0.473. The van der Waals surface area contributed by atoms with Crippen LogP contribution >= 0.6 is 0 Å². The smallest absolute Gasteiger partial charge is 0.274 e. The van der Waals surface area contributed by atoms with Gasteiger partial charge in [0.2, 0.25) is 0 Å². The summed E-state index contributed by atoms with van der Waals surface area (Å²) >= 11 is 0. The molecule has 7 heteroatoms. The maximum absolute atomic E-state index is 12.3. The Kier molecular flexibility index (Phi) is 5.41. The molecule has 0 unspecified atom stereocenters. The third kappa shape index (κ3) is 4.66. The quantitative estimate of drug-likeness (QED) is 0.525. The first kappa shape index (κ1) is 18.1. The average Bonchev–Trinajstić information content (AvgIpc) is 2.69. The van der Waals surface area contributed by atoms with Crippen molar-refractivity contribution in [3.63, 3.8) is 0 Å². The summed E-state index contributed by atoms with van der Waals surface area (Å²) < 4.78 is 5.65. The first-order valence-corrected chi connectivity index (χ1v) is 8.21. The fourth-order valence-corrected chi connectivity index (χ4v) is 2.44. The van der Waals surface area contributed by atoms with E-state index < -0.39 is 4.92 Å². The molecule has 0 aliphatic rings. The second-order valence-corrected chi connectivity index (χ2v) is 5.89. The van der Waals surface area contributed by atoms with Crippen molar-refractivity contribution in [3.05, 3.63) is 93.8 Å². The lowest BCUT2D eigenvalue weighted by molar-refractivity contribution is -0.385. The van der Waals surface area contributed by atoms with Crippen molar-refractivity contribution in [2.45, 2.75) is 13.5 Å². The minimum Gasteiger partial charge on any atom is -0.489 e. The third-order valence-corrected chi connectivity index (χ3v) is 3.91. The van der Waals surface area contributed by atoms with Gasteiger partial charge >= 0.3 is 0 Å². The van der Waals surface area contributed by atoms with Gasteiger partial charge in [0.25, 0.3) is 11.6 Å². The number of nitro groups is 1. The molecule has 3 aromatic rings. The molecule has 1 heterocycles. The molecule has 0 aliphatic carbocycles. The van der Waals surface area contributed by atoms with E-state index in [0.717, 1.165) is 5.56 Å². The Morgan fingerprint density at radius 2 is 1.96 bits per heavy atom. The van der Waals surface area contributed by atoms with Crippen LogP contribution in [0.2, 0.25) is 0 Å². The molecule has 7 nitrogen and oxygen atoms in total. The van der Waals surface area contributed by atoms with Crippen LogP contribution in [0.4, 0.5) is 11.4 Å². The number of nitrogens with one attached hydrogen (secondary N) is 1. The summed E-state index contributed by atoms with van der Waals surface area (Å²) in [5, 5.41) is 13.7. The predicted molar refractivity (Wildman–Crippen MR) is 101 cm³/mol. The lowest BCUT2D eigenvalue weighted by atomic mass is 10.1. The number of carbonyl (C=O) groups is 1. The molecule has 0 spiro atoms. The van der Waals surface area contributed by atoms with Crippen LogP contribution < -0.4 is 10.1 Å². The van der Waals surface area contributed by atoms with Crippen molar-refractivity contribution in [1.29, 1.82) is 0 Å². The summed E-state index contributed by atoms with van der Waals surface area (Å²) in [4.78, 5) is 26.9. The number of anilines is 1. The van der Waals surface area contributed by atoms with Crippen LogP contribution in [0.1, 0.15) is 21.5 Å². The number of hydrogen-bond donors (Lipinski definition) is 1. The van der Waals surface area contributed by atoms with Crippen LogP contribution in [0.25, 0.3) is 0 Å². The number of amides is 1. The zero-order valence-corrected chi connectivity index (χ0v) is 14.6. The molecule has 3 rings (SSSR count). The molecular weight excluding hydrogens is 346 g/mol. The SMILES string of the molecule is Cc1ccc(NC(=O)c2ccc(OCc3cccnc3)cc2)cc1[N+](=O)[O-]. The highest BCUT2D eigenvalue weighted by atomic mass is 16.6. The number of benzene rings is 2. The Hall–Kier alpha value is -3.74. The molecule has 136 valence electrons. The first-order valence-electron chi connectivity index (χ1n) is 8.21. The van der Waals surface area contributed by atoms with Gasteiger partial charge in [-0.15, -0.1) is 0 Å². The van der Waals surface area contributed by atoms with Gasteiger partial charge in [0.1, 0.15) is 12.4 Å². The zero-order chi connectivity index (χ0) is 19.2. The van der Waals surface area contributed by atoms with Crippen LogP contribution in [-0.4, -0.2) is 15.8 Å². The van der Waals surface area contributed by atoms with Crippen LogP contribution in [0.5, 0.6) is 5.75 Å². The first-order chi connectivity index (χ1) is 13.0. The van der Waals surface area contributed by atoms with Gasteiger partial charge in [-0.2, -0.15) is 0 Å². The molecule has 0 aliphatic heterocycles. The summed E-state index contributed by atoms with van der Waals surface area (Å²) in [5.74, 6) is 0.272. The van der Waals surface area contributed by atoms with Crippen molar-refractivity contribution in [2.24, 2.45) is 0 Å². The molecule has 1 aromatic heterocycles. The number of aryl methyl sites for hydroxylation is 1. The van der Waals surface area contributed by atoms with Gasteiger partial charge < -0.3 is 10.1 Å². The molecule has 0 radical (unpaired) electrons. The maximum Gasteiger partial charge on any atom is 0.274 e. The summed E-state index contributed by atoms with van der Waals surface area (Å²) in [6, 6.07) is 15.0. The van der Waals surface area contributed by atoms with E-state index in [9.17, 15) is 14.9 Å². The second-order valence-electron chi connectivity index (χ2n) is 5.89. The fourth-order valence-electron chi connectivity index (χ4n) is 2.44. The minimum absolute atomic E-state index is 0.0352. The van der Waals surface area contributed by atoms with E-state index in [4.69, 9.17) is 4.74 Å². The average molecular weight is 363 g/mol. The largest absolute Gasteiger partial charge is 0.489 e. The van der Waals surface area contributed by atoms with Gasteiger partial charge in [-0.3, -0.25) is 19.9 Å². The van der Waals surface area contributed by atoms with Gasteiger partial charge in [0, 0.05) is 40.8 Å². The number of aromatic nitrogens is 1. The monoisotopic (exact) mass is 363 g/mol. The van der Waals surface area contributed by atoms with E-state index in [1.165, 1.54) is 6.07 Å². The van der Waals surface area contributed by atoms with E-state index >= 15 is 0 Å². The molecular formula is C20H17N3O4. The number of ether oxygens (including phenoxy) is 1.